The maximum atomic E-state index is 11.8. The van der Waals surface area contributed by atoms with Crippen molar-refractivity contribution in [2.24, 2.45) is 0 Å². The van der Waals surface area contributed by atoms with Crippen molar-refractivity contribution >= 4 is 37.2 Å². The lowest BCUT2D eigenvalue weighted by atomic mass is 10.1. The number of phenolic OH excluding ortho intramolecular Hbond substituents is 1. The minimum absolute atomic E-state index is 0.0501. The summed E-state index contributed by atoms with van der Waals surface area (Å²) in [6, 6.07) is 4.11. The number of carbonyl (C=O) groups is 2. The van der Waals surface area contributed by atoms with E-state index in [2.05, 4.69) is 5.32 Å². The van der Waals surface area contributed by atoms with Crippen LogP contribution in [0, 0.1) is 0 Å². The molecule has 0 aliphatic carbocycles. The monoisotopic (exact) mass is 375 g/mol. The molecule has 0 atom stereocenters. The van der Waals surface area contributed by atoms with Gasteiger partial charge in [0.2, 0.25) is 5.91 Å². The Morgan fingerprint density at radius 3 is 2.62 bits per heavy atom. The topological polar surface area (TPSA) is 110 Å². The molecular formula is C15H21NO6S2. The Morgan fingerprint density at radius 1 is 1.33 bits per heavy atom. The second-order valence-electron chi connectivity index (χ2n) is 5.05. The molecule has 0 saturated heterocycles. The summed E-state index contributed by atoms with van der Waals surface area (Å²) in [5.74, 6) is -1.13. The summed E-state index contributed by atoms with van der Waals surface area (Å²) in [6.45, 7) is 1.89. The number of anilines is 1. The summed E-state index contributed by atoms with van der Waals surface area (Å²) in [4.78, 5) is 23.5. The zero-order valence-electron chi connectivity index (χ0n) is 13.6. The van der Waals surface area contributed by atoms with E-state index in [-0.39, 0.29) is 29.6 Å². The minimum Gasteiger partial charge on any atom is -0.507 e. The van der Waals surface area contributed by atoms with Crippen molar-refractivity contribution < 1.29 is 27.9 Å². The number of benzene rings is 1. The molecule has 24 heavy (non-hydrogen) atoms. The second kappa shape index (κ2) is 9.53. The third-order valence-electron chi connectivity index (χ3n) is 2.87. The molecule has 0 aliphatic heterocycles. The van der Waals surface area contributed by atoms with Crippen LogP contribution in [0.25, 0.3) is 0 Å². The number of esters is 1. The van der Waals surface area contributed by atoms with E-state index in [1.807, 2.05) is 6.92 Å². The van der Waals surface area contributed by atoms with E-state index < -0.39 is 14.8 Å². The predicted octanol–water partition coefficient (Wildman–Crippen LogP) is 2.37. The van der Waals surface area contributed by atoms with Crippen LogP contribution < -0.4 is 5.32 Å². The first-order chi connectivity index (χ1) is 11.2. The van der Waals surface area contributed by atoms with Crippen LogP contribution in [0.5, 0.6) is 5.75 Å². The fourth-order valence-electron chi connectivity index (χ4n) is 1.74. The molecule has 9 heteroatoms. The summed E-state index contributed by atoms with van der Waals surface area (Å²) in [5, 5.41) is 12.5. The lowest BCUT2D eigenvalue weighted by molar-refractivity contribution is -0.116. The van der Waals surface area contributed by atoms with Gasteiger partial charge in [0, 0.05) is 30.2 Å². The predicted molar refractivity (Wildman–Crippen MR) is 93.8 cm³/mol. The first-order valence-corrected chi connectivity index (χ1v) is 10.8. The number of hydrogen-bond donors (Lipinski definition) is 2. The van der Waals surface area contributed by atoms with E-state index in [0.717, 1.165) is 19.1 Å². The Labute approximate surface area is 145 Å². The first-order valence-electron chi connectivity index (χ1n) is 7.37. The smallest absolute Gasteiger partial charge is 0.341 e. The highest BCUT2D eigenvalue weighted by Gasteiger charge is 2.14. The fourth-order valence-corrected chi connectivity index (χ4v) is 3.31. The molecule has 0 saturated carbocycles. The Hall–Kier alpha value is -1.74. The van der Waals surface area contributed by atoms with E-state index in [4.69, 9.17) is 4.74 Å². The lowest BCUT2D eigenvalue weighted by Crippen LogP contribution is -2.12. The molecule has 134 valence electrons. The van der Waals surface area contributed by atoms with Crippen LogP contribution in [0.2, 0.25) is 0 Å². The molecule has 0 aliphatic rings. The van der Waals surface area contributed by atoms with E-state index in [9.17, 15) is 23.1 Å². The van der Waals surface area contributed by atoms with Gasteiger partial charge in [-0.15, -0.1) is 0 Å². The molecule has 7 nitrogen and oxygen atoms in total. The lowest BCUT2D eigenvalue weighted by Gasteiger charge is -2.09. The average molecular weight is 375 g/mol. The highest BCUT2D eigenvalue weighted by molar-refractivity contribution is 8.71. The van der Waals surface area contributed by atoms with Gasteiger partial charge in [0.15, 0.2) is 8.87 Å². The molecule has 0 unspecified atom stereocenters. The van der Waals surface area contributed by atoms with E-state index >= 15 is 0 Å². The highest BCUT2D eigenvalue weighted by atomic mass is 33.1. The molecular weight excluding hydrogens is 354 g/mol. The molecule has 0 radical (unpaired) electrons. The Balaban J connectivity index is 2.57. The van der Waals surface area contributed by atoms with Gasteiger partial charge in [0.1, 0.15) is 17.9 Å². The van der Waals surface area contributed by atoms with Gasteiger partial charge < -0.3 is 15.2 Å². The second-order valence-corrected chi connectivity index (χ2v) is 9.62. The number of amides is 1. The molecule has 1 rings (SSSR count). The standard InChI is InChI=1S/C15H21NO6S2/c1-3-4-5-14(18)16-11-6-7-12(13(17)10-11)15(19)22-8-9-23-24(2,20)21/h6-7,10,17H,3-5,8-9H2,1-2H3,(H,16,18). The molecule has 1 amide bonds. The third-order valence-corrected chi connectivity index (χ3v) is 5.42. The van der Waals surface area contributed by atoms with Gasteiger partial charge >= 0.3 is 5.97 Å². The molecule has 1 aromatic rings. The van der Waals surface area contributed by atoms with Crippen molar-refractivity contribution in [1.29, 1.82) is 0 Å². The van der Waals surface area contributed by atoms with Gasteiger partial charge in [-0.25, -0.2) is 13.2 Å². The zero-order chi connectivity index (χ0) is 18.2. The molecule has 0 spiro atoms. The van der Waals surface area contributed by atoms with Crippen LogP contribution in [0.3, 0.4) is 0 Å². The number of carbonyl (C=O) groups excluding carboxylic acids is 2. The molecule has 0 fully saturated rings. The average Bonchev–Trinajstić information content (AvgIpc) is 2.48. The van der Waals surface area contributed by atoms with Gasteiger partial charge in [-0.2, -0.15) is 0 Å². The molecule has 2 N–H and O–H groups in total. The molecule has 0 heterocycles. The first kappa shape index (κ1) is 20.3. The van der Waals surface area contributed by atoms with Crippen molar-refractivity contribution in [3.63, 3.8) is 0 Å². The Kier molecular flexibility index (Phi) is 8.06. The molecule has 0 aromatic heterocycles. The van der Waals surface area contributed by atoms with Crippen LogP contribution >= 0.6 is 10.8 Å². The van der Waals surface area contributed by atoms with Gasteiger partial charge in [-0.05, 0) is 29.3 Å². The van der Waals surface area contributed by atoms with Crippen molar-refractivity contribution in [1.82, 2.24) is 0 Å². The van der Waals surface area contributed by atoms with E-state index in [1.54, 1.807) is 0 Å². The van der Waals surface area contributed by atoms with Crippen LogP contribution in [-0.2, 0) is 18.4 Å². The molecule has 0 bridgehead atoms. The van der Waals surface area contributed by atoms with Gasteiger partial charge in [0.05, 0.1) is 0 Å². The fraction of sp³-hybridized carbons (Fsp3) is 0.467. The largest absolute Gasteiger partial charge is 0.507 e. The van der Waals surface area contributed by atoms with Crippen molar-refractivity contribution in [2.75, 3.05) is 23.9 Å². The molecule has 1 aromatic carbocycles. The zero-order valence-corrected chi connectivity index (χ0v) is 15.2. The Bertz CT molecular complexity index is 687. The van der Waals surface area contributed by atoms with Crippen molar-refractivity contribution in [3.8, 4) is 5.75 Å². The van der Waals surface area contributed by atoms with Crippen LogP contribution in [0.15, 0.2) is 18.2 Å². The maximum Gasteiger partial charge on any atom is 0.341 e. The number of unbranched alkanes of at least 4 members (excludes halogenated alkanes) is 1. The van der Waals surface area contributed by atoms with E-state index in [1.165, 1.54) is 18.2 Å². The van der Waals surface area contributed by atoms with Crippen LogP contribution in [0.1, 0.15) is 36.5 Å². The van der Waals surface area contributed by atoms with Gasteiger partial charge in [-0.3, -0.25) is 4.79 Å². The van der Waals surface area contributed by atoms with Crippen molar-refractivity contribution in [2.45, 2.75) is 26.2 Å². The normalized spacial score (nSPS) is 11.1. The number of phenols is 1. The van der Waals surface area contributed by atoms with E-state index in [0.29, 0.717) is 22.9 Å². The number of aromatic hydroxyl groups is 1. The quantitative estimate of drug-likeness (QED) is 0.387. The summed E-state index contributed by atoms with van der Waals surface area (Å²) < 4.78 is 26.8. The third kappa shape index (κ3) is 7.69. The van der Waals surface area contributed by atoms with Gasteiger partial charge in [0.25, 0.3) is 0 Å². The number of rotatable bonds is 9. The van der Waals surface area contributed by atoms with Crippen LogP contribution in [0.4, 0.5) is 5.69 Å². The van der Waals surface area contributed by atoms with Crippen LogP contribution in [-0.4, -0.2) is 44.0 Å². The summed E-state index contributed by atoms with van der Waals surface area (Å²) in [7, 11) is -2.51. The Morgan fingerprint density at radius 2 is 2.04 bits per heavy atom. The number of hydrogen-bond acceptors (Lipinski definition) is 7. The number of ether oxygens (including phenoxy) is 1. The summed E-state index contributed by atoms with van der Waals surface area (Å²) in [6.07, 6.45) is 3.13. The summed E-state index contributed by atoms with van der Waals surface area (Å²) >= 11 is 0. The number of nitrogens with one attached hydrogen (secondary N) is 1. The van der Waals surface area contributed by atoms with Gasteiger partial charge in [-0.1, -0.05) is 13.3 Å². The minimum atomic E-state index is -3.18. The highest BCUT2D eigenvalue weighted by Crippen LogP contribution is 2.23. The summed E-state index contributed by atoms with van der Waals surface area (Å²) in [5.41, 5.74) is 0.337. The SMILES string of the molecule is CCCCC(=O)Nc1ccc(C(=O)OCCSS(C)(=O)=O)c(O)c1. The maximum absolute atomic E-state index is 11.8. The van der Waals surface area contributed by atoms with Crippen molar-refractivity contribution in [3.05, 3.63) is 23.8 Å².